The standard InChI is InChI=1S/C16H20FN/c1-18-9-6-12-11-16(7-2-3-8-16)15-5-4-13(17)10-14(12)15/h4-5,10-11,18H,2-3,6-9H2,1H3. The van der Waals surface area contributed by atoms with Gasteiger partial charge in [-0.05, 0) is 61.7 Å². The van der Waals surface area contributed by atoms with Crippen molar-refractivity contribution in [3.8, 4) is 0 Å². The van der Waals surface area contributed by atoms with E-state index in [0.717, 1.165) is 18.5 Å². The van der Waals surface area contributed by atoms with Crippen molar-refractivity contribution in [3.63, 3.8) is 0 Å². The first kappa shape index (κ1) is 11.9. The zero-order valence-electron chi connectivity index (χ0n) is 10.9. The quantitative estimate of drug-likeness (QED) is 0.857. The van der Waals surface area contributed by atoms with Crippen LogP contribution in [0.3, 0.4) is 0 Å². The van der Waals surface area contributed by atoms with Gasteiger partial charge in [0.25, 0.3) is 0 Å². The van der Waals surface area contributed by atoms with E-state index in [2.05, 4.69) is 11.4 Å². The molecule has 1 saturated carbocycles. The van der Waals surface area contributed by atoms with Crippen LogP contribution in [0.15, 0.2) is 24.3 Å². The van der Waals surface area contributed by atoms with Crippen LogP contribution < -0.4 is 5.32 Å². The predicted octanol–water partition coefficient (Wildman–Crippen LogP) is 3.64. The minimum atomic E-state index is -0.112. The van der Waals surface area contributed by atoms with Gasteiger partial charge in [-0.1, -0.05) is 25.0 Å². The van der Waals surface area contributed by atoms with Gasteiger partial charge in [-0.3, -0.25) is 0 Å². The summed E-state index contributed by atoms with van der Waals surface area (Å²) in [5.74, 6) is -0.112. The lowest BCUT2D eigenvalue weighted by Crippen LogP contribution is -2.16. The zero-order chi connectivity index (χ0) is 12.6. The van der Waals surface area contributed by atoms with E-state index in [1.165, 1.54) is 36.8 Å². The summed E-state index contributed by atoms with van der Waals surface area (Å²) < 4.78 is 13.5. The number of halogens is 1. The van der Waals surface area contributed by atoms with Crippen LogP contribution in [0.25, 0.3) is 5.57 Å². The monoisotopic (exact) mass is 245 g/mol. The summed E-state index contributed by atoms with van der Waals surface area (Å²) in [5.41, 5.74) is 4.09. The Morgan fingerprint density at radius 3 is 2.78 bits per heavy atom. The van der Waals surface area contributed by atoms with Crippen LogP contribution >= 0.6 is 0 Å². The first-order valence-electron chi connectivity index (χ1n) is 6.92. The van der Waals surface area contributed by atoms with Gasteiger partial charge in [0.05, 0.1) is 0 Å². The fourth-order valence-corrected chi connectivity index (χ4v) is 3.59. The fourth-order valence-electron chi connectivity index (χ4n) is 3.59. The number of fused-ring (bicyclic) bond motifs is 2. The van der Waals surface area contributed by atoms with E-state index in [0.29, 0.717) is 0 Å². The maximum absolute atomic E-state index is 13.5. The molecule has 3 rings (SSSR count). The van der Waals surface area contributed by atoms with Crippen LogP contribution in [0.4, 0.5) is 4.39 Å². The SMILES string of the molecule is CNCCC1=CC2(CCCC2)c2ccc(F)cc21. The lowest BCUT2D eigenvalue weighted by atomic mass is 9.81. The lowest BCUT2D eigenvalue weighted by Gasteiger charge is -2.22. The molecule has 1 aromatic rings. The van der Waals surface area contributed by atoms with Gasteiger partial charge in [-0.25, -0.2) is 4.39 Å². The molecule has 1 aromatic carbocycles. The highest BCUT2D eigenvalue weighted by Crippen LogP contribution is 2.51. The molecule has 1 nitrogen and oxygen atoms in total. The Morgan fingerprint density at radius 2 is 2.06 bits per heavy atom. The maximum Gasteiger partial charge on any atom is 0.123 e. The van der Waals surface area contributed by atoms with Crippen molar-refractivity contribution < 1.29 is 4.39 Å². The van der Waals surface area contributed by atoms with E-state index in [9.17, 15) is 4.39 Å². The van der Waals surface area contributed by atoms with Crippen molar-refractivity contribution in [3.05, 3.63) is 41.2 Å². The first-order valence-corrected chi connectivity index (χ1v) is 6.92. The molecule has 2 aliphatic rings. The van der Waals surface area contributed by atoms with Crippen molar-refractivity contribution in [2.75, 3.05) is 13.6 Å². The van der Waals surface area contributed by atoms with Crippen LogP contribution in [-0.2, 0) is 5.41 Å². The van der Waals surface area contributed by atoms with E-state index >= 15 is 0 Å². The fraction of sp³-hybridized carbons (Fsp3) is 0.500. The summed E-state index contributed by atoms with van der Waals surface area (Å²) in [7, 11) is 1.97. The maximum atomic E-state index is 13.5. The average Bonchev–Trinajstić information content (AvgIpc) is 2.94. The summed E-state index contributed by atoms with van der Waals surface area (Å²) in [4.78, 5) is 0. The average molecular weight is 245 g/mol. The predicted molar refractivity (Wildman–Crippen MR) is 73.1 cm³/mol. The lowest BCUT2D eigenvalue weighted by molar-refractivity contribution is 0.564. The second-order valence-corrected chi connectivity index (χ2v) is 5.58. The first-order chi connectivity index (χ1) is 8.75. The topological polar surface area (TPSA) is 12.0 Å². The smallest absolute Gasteiger partial charge is 0.123 e. The van der Waals surface area contributed by atoms with E-state index in [1.807, 2.05) is 13.1 Å². The minimum absolute atomic E-state index is 0.112. The van der Waals surface area contributed by atoms with Crippen molar-refractivity contribution in [2.45, 2.75) is 37.5 Å². The second-order valence-electron chi connectivity index (χ2n) is 5.58. The van der Waals surface area contributed by atoms with Crippen molar-refractivity contribution in [1.82, 2.24) is 5.32 Å². The summed E-state index contributed by atoms with van der Waals surface area (Å²) in [6.07, 6.45) is 8.48. The molecule has 1 fully saturated rings. The Kier molecular flexibility index (Phi) is 2.98. The number of rotatable bonds is 3. The molecular formula is C16H20FN. The molecule has 0 amide bonds. The number of benzene rings is 1. The highest BCUT2D eigenvalue weighted by Gasteiger charge is 2.39. The van der Waals surface area contributed by atoms with Gasteiger partial charge < -0.3 is 5.32 Å². The second kappa shape index (κ2) is 4.51. The Morgan fingerprint density at radius 1 is 1.28 bits per heavy atom. The summed E-state index contributed by atoms with van der Waals surface area (Å²) in [6, 6.07) is 5.36. The van der Waals surface area contributed by atoms with E-state index < -0.39 is 0 Å². The molecule has 1 N–H and O–H groups in total. The third-order valence-electron chi connectivity index (χ3n) is 4.45. The van der Waals surface area contributed by atoms with Crippen molar-refractivity contribution in [2.24, 2.45) is 0 Å². The van der Waals surface area contributed by atoms with Crippen LogP contribution in [0.2, 0.25) is 0 Å². The van der Waals surface area contributed by atoms with Gasteiger partial charge in [0.2, 0.25) is 0 Å². The van der Waals surface area contributed by atoms with Gasteiger partial charge in [-0.15, -0.1) is 0 Å². The Labute approximate surface area is 108 Å². The number of nitrogens with one attached hydrogen (secondary N) is 1. The van der Waals surface area contributed by atoms with Gasteiger partial charge in [-0.2, -0.15) is 0 Å². The van der Waals surface area contributed by atoms with Crippen molar-refractivity contribution in [1.29, 1.82) is 0 Å². The molecule has 2 aliphatic carbocycles. The van der Waals surface area contributed by atoms with Gasteiger partial charge in [0, 0.05) is 5.41 Å². The summed E-state index contributed by atoms with van der Waals surface area (Å²) in [5, 5.41) is 3.18. The Balaban J connectivity index is 2.03. The molecule has 0 aromatic heterocycles. The molecule has 0 atom stereocenters. The molecule has 96 valence electrons. The van der Waals surface area contributed by atoms with Crippen LogP contribution in [-0.4, -0.2) is 13.6 Å². The number of hydrogen-bond acceptors (Lipinski definition) is 1. The summed E-state index contributed by atoms with van der Waals surface area (Å²) >= 11 is 0. The third-order valence-corrected chi connectivity index (χ3v) is 4.45. The Bertz CT molecular complexity index is 484. The molecule has 1 spiro atoms. The molecular weight excluding hydrogens is 225 g/mol. The van der Waals surface area contributed by atoms with Gasteiger partial charge in [0.1, 0.15) is 5.82 Å². The molecule has 0 radical (unpaired) electrons. The molecule has 0 unspecified atom stereocenters. The Hall–Kier alpha value is -1.15. The van der Waals surface area contributed by atoms with Crippen molar-refractivity contribution >= 4 is 5.57 Å². The third kappa shape index (κ3) is 1.79. The zero-order valence-corrected chi connectivity index (χ0v) is 10.9. The molecule has 2 heteroatoms. The highest BCUT2D eigenvalue weighted by atomic mass is 19.1. The highest BCUT2D eigenvalue weighted by molar-refractivity contribution is 5.77. The molecule has 0 bridgehead atoms. The van der Waals surface area contributed by atoms with Gasteiger partial charge >= 0.3 is 0 Å². The molecule has 0 aliphatic heterocycles. The van der Waals surface area contributed by atoms with Crippen LogP contribution in [0.5, 0.6) is 0 Å². The van der Waals surface area contributed by atoms with Gasteiger partial charge in [0.15, 0.2) is 0 Å². The molecule has 0 saturated heterocycles. The van der Waals surface area contributed by atoms with E-state index in [1.54, 1.807) is 12.1 Å². The van der Waals surface area contributed by atoms with Crippen LogP contribution in [0, 0.1) is 5.82 Å². The normalized spacial score (nSPS) is 20.2. The van der Waals surface area contributed by atoms with E-state index in [4.69, 9.17) is 0 Å². The minimum Gasteiger partial charge on any atom is -0.319 e. The largest absolute Gasteiger partial charge is 0.319 e. The van der Waals surface area contributed by atoms with E-state index in [-0.39, 0.29) is 11.2 Å². The molecule has 18 heavy (non-hydrogen) atoms. The molecule has 0 heterocycles. The van der Waals surface area contributed by atoms with Crippen LogP contribution in [0.1, 0.15) is 43.2 Å². The number of hydrogen-bond donors (Lipinski definition) is 1. The number of allylic oxidation sites excluding steroid dienone is 1. The summed E-state index contributed by atoms with van der Waals surface area (Å²) in [6.45, 7) is 0.956.